The van der Waals surface area contributed by atoms with Gasteiger partial charge in [-0.25, -0.2) is 0 Å². The van der Waals surface area contributed by atoms with E-state index in [-0.39, 0.29) is 50.4 Å². The van der Waals surface area contributed by atoms with Crippen LogP contribution < -0.4 is 0 Å². The van der Waals surface area contributed by atoms with E-state index >= 15 is 0 Å². The molecule has 0 radical (unpaired) electrons. The molecule has 0 bridgehead atoms. The third-order valence-electron chi connectivity index (χ3n) is 30.3. The summed E-state index contributed by atoms with van der Waals surface area (Å²) in [5, 5.41) is 30.7. The molecule has 4 fully saturated rings. The molecule has 0 aromatic rings. The molecule has 0 amide bonds. The van der Waals surface area contributed by atoms with E-state index in [0.717, 1.165) is 6.42 Å². The number of carbonyl (C=O) groups is 3. The van der Waals surface area contributed by atoms with Gasteiger partial charge in [-0.1, -0.05) is 125 Å². The maximum absolute atomic E-state index is 13.1. The van der Waals surface area contributed by atoms with Crippen LogP contribution in [0.25, 0.3) is 0 Å². The van der Waals surface area contributed by atoms with Gasteiger partial charge in [0.05, 0.1) is 94.2 Å². The average molecular weight is 1380 g/mol. The van der Waals surface area contributed by atoms with E-state index in [1.165, 1.54) is 0 Å². The van der Waals surface area contributed by atoms with Gasteiger partial charge < -0.3 is 43.7 Å². The Balaban J connectivity index is 0. The Labute approximate surface area is 586 Å². The molecule has 3 N–H and O–H groups in total. The fourth-order valence-electron chi connectivity index (χ4n) is 16.6. The van der Waals surface area contributed by atoms with E-state index in [1.54, 1.807) is 0 Å². The Morgan fingerprint density at radius 3 is 0.702 bits per heavy atom. The van der Waals surface area contributed by atoms with Crippen LogP contribution in [0.2, 0.25) is 0 Å². The Hall–Kier alpha value is -1.87. The molecule has 0 aromatic heterocycles. The Kier molecular flexibility index (Phi) is 26.9. The van der Waals surface area contributed by atoms with Crippen molar-refractivity contribution in [1.29, 1.82) is 0 Å². The molecule has 0 unspecified atom stereocenters. The lowest BCUT2D eigenvalue weighted by Gasteiger charge is -2.72. The third-order valence-corrected chi connectivity index (χ3v) is 31.2. The van der Waals surface area contributed by atoms with E-state index in [1.807, 2.05) is 201 Å². The van der Waals surface area contributed by atoms with Crippen LogP contribution in [-0.4, -0.2) is 117 Å². The predicted molar refractivity (Wildman–Crippen MR) is 387 cm³/mol. The summed E-state index contributed by atoms with van der Waals surface area (Å²) in [4.78, 5) is 52.5. The minimum Gasteiger partial charge on any atom is -0.481 e. The second-order valence-corrected chi connectivity index (χ2v) is 41.1. The molecule has 0 saturated carbocycles. The Morgan fingerprint density at radius 2 is 0.553 bits per heavy atom. The van der Waals surface area contributed by atoms with Crippen molar-refractivity contribution in [3.05, 3.63) is 0 Å². The first kappa shape index (κ1) is 94.2. The van der Waals surface area contributed by atoms with E-state index < -0.39 is 110 Å². The highest BCUT2D eigenvalue weighted by molar-refractivity contribution is 6.24. The summed E-state index contributed by atoms with van der Waals surface area (Å²) < 4.78 is 37.1. The van der Waals surface area contributed by atoms with Gasteiger partial charge in [0, 0.05) is 48.7 Å². The van der Waals surface area contributed by atoms with Crippen molar-refractivity contribution in [3.8, 4) is 0 Å². The summed E-state index contributed by atoms with van der Waals surface area (Å²) in [6.07, 6.45) is 0.988. The first-order valence-corrected chi connectivity index (χ1v) is 35.1. The third kappa shape index (κ3) is 14.4. The number of rotatable bonds is 10. The SMILES string of the molecule is CC(C)(Cl)C(C)(C)OC(C)(C)C(C)(C)Cl.CC(C)(O)C1(C)C(C)(C)C(C)(C)OC(C)(C)C1(C)C.CC1(C)OC(C)(C)C(C)(C)C(C)(C(=O)O)C1(C)C.CC1(C)OC(C)(C)C(C)(C)C(C)(C(=O)O)C1(C)C.CCOC(=O)C1(CC)C(C)(C)C(C)(C)OC(C)(C)C1(C)C.O=C=O. The van der Waals surface area contributed by atoms with Gasteiger partial charge in [-0.05, 0) is 207 Å². The molecule has 0 spiro atoms. The molecule has 4 aliphatic heterocycles. The highest BCUT2D eigenvalue weighted by Gasteiger charge is 2.76. The van der Waals surface area contributed by atoms with Crippen molar-refractivity contribution in [1.82, 2.24) is 0 Å². The van der Waals surface area contributed by atoms with Gasteiger partial charge in [0.1, 0.15) is 0 Å². The molecular weight excluding hydrogens is 1230 g/mol. The second kappa shape index (κ2) is 26.8. The standard InChI is InChI=1S/C18H34O3.C17H34O2.2C15H28O3.C12H24Cl2O.CO2/c1-11-18(13(19)20-12-2)14(3,4)16(7,8)21-17(9,10)15(18,5)6;1-12(2)15(7,8)19-16(9,10)13(3,4)17(12,11)14(5,6)18;2*1-11(2)13(5,6)18-14(7,8)12(3,4)15(11,9)10(16)17;1-9(2,13)11(5,6)15-12(7,8)10(3,4)14;2-1-3/h11-12H2,1-10H3;18H,1-11H3;2*1-9H3,(H,16,17);1-8H3;. The lowest BCUT2D eigenvalue weighted by Crippen LogP contribution is -2.75. The molecule has 4 rings (SSSR count). The number of halogens is 2. The molecule has 4 aliphatic rings. The summed E-state index contributed by atoms with van der Waals surface area (Å²) in [7, 11) is 0. The summed E-state index contributed by atoms with van der Waals surface area (Å²) in [5.74, 6) is -1.59. The van der Waals surface area contributed by atoms with Gasteiger partial charge in [0.2, 0.25) is 0 Å². The fraction of sp³-hybridized carbons (Fsp3) is 0.949. The van der Waals surface area contributed by atoms with E-state index in [9.17, 15) is 29.7 Å². The quantitative estimate of drug-likeness (QED) is 0.138. The number of carboxylic acids is 2. The lowest BCUT2D eigenvalue weighted by molar-refractivity contribution is -0.361. The van der Waals surface area contributed by atoms with Crippen LogP contribution in [0.15, 0.2) is 0 Å². The monoisotopic (exact) mass is 1380 g/mol. The highest BCUT2D eigenvalue weighted by Crippen LogP contribution is 2.72. The van der Waals surface area contributed by atoms with Crippen molar-refractivity contribution < 1.29 is 67.7 Å². The van der Waals surface area contributed by atoms with Crippen LogP contribution >= 0.6 is 23.2 Å². The molecule has 94 heavy (non-hydrogen) atoms. The number of aliphatic hydroxyl groups is 1. The summed E-state index contributed by atoms with van der Waals surface area (Å²) in [6.45, 7) is 96.3. The van der Waals surface area contributed by atoms with Gasteiger partial charge >= 0.3 is 24.1 Å². The number of hydrogen-bond donors (Lipinski definition) is 3. The average Bonchev–Trinajstić information content (AvgIpc) is 3.29. The van der Waals surface area contributed by atoms with Crippen molar-refractivity contribution in [2.45, 2.75) is 403 Å². The van der Waals surface area contributed by atoms with Gasteiger partial charge in [-0.15, -0.1) is 23.2 Å². The topological polar surface area (TPSA) is 201 Å². The fourth-order valence-corrected chi connectivity index (χ4v) is 16.7. The smallest absolute Gasteiger partial charge is 0.373 e. The van der Waals surface area contributed by atoms with E-state index in [4.69, 9.17) is 61.2 Å². The van der Waals surface area contributed by atoms with Crippen molar-refractivity contribution in [2.24, 2.45) is 65.0 Å². The van der Waals surface area contributed by atoms with Gasteiger partial charge in [0.15, 0.2) is 0 Å². The van der Waals surface area contributed by atoms with Crippen molar-refractivity contribution in [2.75, 3.05) is 6.61 Å². The minimum atomic E-state index is -0.870. The van der Waals surface area contributed by atoms with Crippen LogP contribution in [-0.2, 0) is 52.4 Å². The first-order valence-electron chi connectivity index (χ1n) is 34.4. The van der Waals surface area contributed by atoms with Crippen molar-refractivity contribution in [3.63, 3.8) is 0 Å². The number of aliphatic carboxylic acids is 2. The van der Waals surface area contributed by atoms with E-state index in [2.05, 4.69) is 125 Å². The number of hydrogen-bond acceptors (Lipinski definition) is 12. The summed E-state index contributed by atoms with van der Waals surface area (Å²) in [5.41, 5.74) is -10.7. The minimum absolute atomic E-state index is 0.0908. The number of ether oxygens (including phenoxy) is 6. The Bertz CT molecular complexity index is 2470. The molecule has 0 aliphatic carbocycles. The summed E-state index contributed by atoms with van der Waals surface area (Å²) >= 11 is 12.6. The number of alkyl halides is 2. The number of esters is 1. The van der Waals surface area contributed by atoms with Gasteiger partial charge in [0.25, 0.3) is 0 Å². The van der Waals surface area contributed by atoms with Crippen molar-refractivity contribution >= 4 is 47.3 Å². The van der Waals surface area contributed by atoms with Crippen LogP contribution in [0, 0.1) is 65.0 Å². The Morgan fingerprint density at radius 1 is 0.372 bits per heavy atom. The molecule has 14 nitrogen and oxygen atoms in total. The molecule has 16 heteroatoms. The molecular formula is C78H148Cl2O14. The molecule has 558 valence electrons. The van der Waals surface area contributed by atoms with Crippen LogP contribution in [0.3, 0.4) is 0 Å². The molecule has 4 saturated heterocycles. The van der Waals surface area contributed by atoms with Crippen LogP contribution in [0.5, 0.6) is 0 Å². The van der Waals surface area contributed by atoms with Gasteiger partial charge in [-0.3, -0.25) is 14.4 Å². The number of carboxylic acid groups (broad SMARTS) is 2. The number of carbonyl (C=O) groups excluding carboxylic acids is 3. The van der Waals surface area contributed by atoms with Crippen LogP contribution in [0.4, 0.5) is 0 Å². The summed E-state index contributed by atoms with van der Waals surface area (Å²) in [6, 6.07) is 0. The normalized spacial score (nSPS) is 26.8. The largest absolute Gasteiger partial charge is 0.481 e. The molecule has 4 heterocycles. The zero-order valence-corrected chi connectivity index (χ0v) is 71.0. The zero-order valence-electron chi connectivity index (χ0n) is 69.5. The van der Waals surface area contributed by atoms with E-state index in [0.29, 0.717) is 6.61 Å². The lowest BCUT2D eigenvalue weighted by atomic mass is 9.39. The molecule has 0 atom stereocenters. The predicted octanol–water partition coefficient (Wildman–Crippen LogP) is 20.4. The maximum atomic E-state index is 13.1. The van der Waals surface area contributed by atoms with Gasteiger partial charge in [-0.2, -0.15) is 9.59 Å². The first-order chi connectivity index (χ1) is 40.1. The van der Waals surface area contributed by atoms with Crippen LogP contribution in [0.1, 0.15) is 332 Å². The maximum Gasteiger partial charge on any atom is 0.373 e. The zero-order chi connectivity index (χ0) is 77.6. The molecule has 0 aromatic carbocycles. The highest BCUT2D eigenvalue weighted by atomic mass is 35.5. The second-order valence-electron chi connectivity index (χ2n) is 39.2.